The van der Waals surface area contributed by atoms with Crippen LogP contribution in [-0.4, -0.2) is 28.8 Å². The predicted molar refractivity (Wildman–Crippen MR) is 123 cm³/mol. The zero-order chi connectivity index (χ0) is 22.1. The maximum Gasteiger partial charge on any atom is 0.243 e. The van der Waals surface area contributed by atoms with Gasteiger partial charge in [0.05, 0.1) is 0 Å². The molecule has 4 nitrogen and oxygen atoms in total. The lowest BCUT2D eigenvalue weighted by Crippen LogP contribution is -2.50. The van der Waals surface area contributed by atoms with Gasteiger partial charge < -0.3 is 10.2 Å². The fourth-order valence-electron chi connectivity index (χ4n) is 3.64. The molecule has 0 saturated heterocycles. The molecule has 0 saturated carbocycles. The normalized spacial score (nSPS) is 11.9. The van der Waals surface area contributed by atoms with E-state index in [0.29, 0.717) is 25.8 Å². The van der Waals surface area contributed by atoms with Crippen molar-refractivity contribution in [1.29, 1.82) is 0 Å². The largest absolute Gasteiger partial charge is 0.352 e. The molecule has 0 heterocycles. The second-order valence-corrected chi connectivity index (χ2v) is 8.27. The monoisotopic (exact) mass is 408 g/mol. The third kappa shape index (κ3) is 7.01. The lowest BCUT2D eigenvalue weighted by Gasteiger charge is -2.31. The van der Waals surface area contributed by atoms with Crippen molar-refractivity contribution in [3.8, 4) is 0 Å². The maximum absolute atomic E-state index is 13.3. The highest BCUT2D eigenvalue weighted by atomic mass is 16.2. The van der Waals surface area contributed by atoms with E-state index in [4.69, 9.17) is 0 Å². The molecule has 2 aromatic carbocycles. The van der Waals surface area contributed by atoms with Crippen molar-refractivity contribution in [3.05, 3.63) is 70.8 Å². The Labute approximate surface area is 181 Å². The first-order valence-corrected chi connectivity index (χ1v) is 11.1. The lowest BCUT2D eigenvalue weighted by atomic mass is 10.0. The van der Waals surface area contributed by atoms with Crippen molar-refractivity contribution in [3.63, 3.8) is 0 Å². The minimum Gasteiger partial charge on any atom is -0.352 e. The Morgan fingerprint density at radius 1 is 0.967 bits per heavy atom. The number of amides is 2. The highest BCUT2D eigenvalue weighted by Crippen LogP contribution is 2.16. The van der Waals surface area contributed by atoms with Gasteiger partial charge in [0.2, 0.25) is 11.8 Å². The smallest absolute Gasteiger partial charge is 0.243 e. The summed E-state index contributed by atoms with van der Waals surface area (Å²) in [4.78, 5) is 27.8. The number of nitrogens with one attached hydrogen (secondary N) is 1. The van der Waals surface area contributed by atoms with Crippen LogP contribution in [0.4, 0.5) is 0 Å². The van der Waals surface area contributed by atoms with Crippen LogP contribution < -0.4 is 5.32 Å². The Morgan fingerprint density at radius 2 is 1.63 bits per heavy atom. The fourth-order valence-corrected chi connectivity index (χ4v) is 3.64. The molecule has 1 atom stereocenters. The van der Waals surface area contributed by atoms with Gasteiger partial charge in [-0.1, -0.05) is 67.9 Å². The van der Waals surface area contributed by atoms with Crippen LogP contribution in [0.2, 0.25) is 0 Å². The minimum absolute atomic E-state index is 0.0156. The van der Waals surface area contributed by atoms with E-state index < -0.39 is 6.04 Å². The molecule has 1 N–H and O–H groups in total. The van der Waals surface area contributed by atoms with Gasteiger partial charge in [-0.2, -0.15) is 0 Å². The van der Waals surface area contributed by atoms with Crippen LogP contribution >= 0.6 is 0 Å². The highest BCUT2D eigenvalue weighted by Gasteiger charge is 2.28. The second-order valence-electron chi connectivity index (χ2n) is 8.27. The summed E-state index contributed by atoms with van der Waals surface area (Å²) in [5, 5.41) is 2.98. The van der Waals surface area contributed by atoms with Crippen LogP contribution in [0.1, 0.15) is 62.8 Å². The molecule has 0 aliphatic rings. The van der Waals surface area contributed by atoms with E-state index >= 15 is 0 Å². The minimum atomic E-state index is -0.470. The first kappa shape index (κ1) is 23.7. The zero-order valence-electron chi connectivity index (χ0n) is 19.1. The number of aryl methyl sites for hydroxylation is 3. The van der Waals surface area contributed by atoms with Gasteiger partial charge in [0, 0.05) is 19.0 Å². The van der Waals surface area contributed by atoms with E-state index in [2.05, 4.69) is 42.6 Å². The average molecular weight is 409 g/mol. The molecule has 0 bridgehead atoms. The third-order valence-electron chi connectivity index (χ3n) is 5.31. The Hall–Kier alpha value is -2.62. The first-order valence-electron chi connectivity index (χ1n) is 11.1. The summed E-state index contributed by atoms with van der Waals surface area (Å²) in [6, 6.07) is 16.1. The van der Waals surface area contributed by atoms with E-state index in [9.17, 15) is 9.59 Å². The van der Waals surface area contributed by atoms with Crippen LogP contribution in [0.3, 0.4) is 0 Å². The summed E-state index contributed by atoms with van der Waals surface area (Å²) >= 11 is 0. The van der Waals surface area contributed by atoms with E-state index in [1.54, 1.807) is 4.90 Å². The number of carbonyl (C=O) groups is 2. The van der Waals surface area contributed by atoms with Crippen molar-refractivity contribution >= 4 is 11.8 Å². The Balaban J connectivity index is 2.18. The predicted octanol–water partition coefficient (Wildman–Crippen LogP) is 4.82. The van der Waals surface area contributed by atoms with Crippen molar-refractivity contribution < 1.29 is 9.59 Å². The zero-order valence-corrected chi connectivity index (χ0v) is 19.1. The molecule has 4 heteroatoms. The van der Waals surface area contributed by atoms with Crippen LogP contribution in [0.5, 0.6) is 0 Å². The van der Waals surface area contributed by atoms with Gasteiger partial charge in [0.25, 0.3) is 0 Å². The van der Waals surface area contributed by atoms with E-state index in [1.165, 1.54) is 5.56 Å². The number of hydrogen-bond acceptors (Lipinski definition) is 2. The summed E-state index contributed by atoms with van der Waals surface area (Å²) in [6.07, 6.45) is 2.66. The van der Waals surface area contributed by atoms with Gasteiger partial charge >= 0.3 is 0 Å². The molecule has 0 aliphatic heterocycles. The number of hydrogen-bond donors (Lipinski definition) is 1. The van der Waals surface area contributed by atoms with Crippen molar-refractivity contribution in [2.45, 2.75) is 78.9 Å². The van der Waals surface area contributed by atoms with Gasteiger partial charge in [0.15, 0.2) is 0 Å². The Kier molecular flexibility index (Phi) is 9.10. The average Bonchev–Trinajstić information content (AvgIpc) is 2.71. The topological polar surface area (TPSA) is 49.4 Å². The quantitative estimate of drug-likeness (QED) is 0.613. The molecule has 30 heavy (non-hydrogen) atoms. The first-order chi connectivity index (χ1) is 14.3. The fraction of sp³-hybridized carbons (Fsp3) is 0.462. The molecule has 2 rings (SSSR count). The van der Waals surface area contributed by atoms with Crippen molar-refractivity contribution in [1.82, 2.24) is 10.2 Å². The van der Waals surface area contributed by atoms with Gasteiger partial charge in [-0.05, 0) is 56.7 Å². The van der Waals surface area contributed by atoms with Gasteiger partial charge in [-0.15, -0.1) is 0 Å². The molecule has 2 amide bonds. The van der Waals surface area contributed by atoms with Crippen LogP contribution in [0.15, 0.2) is 48.5 Å². The molecule has 1 unspecified atom stereocenters. The second kappa shape index (κ2) is 11.5. The molecule has 0 aliphatic carbocycles. The molecular weight excluding hydrogens is 372 g/mol. The third-order valence-corrected chi connectivity index (χ3v) is 5.31. The molecule has 0 fully saturated rings. The standard InChI is InChI=1S/C26H36N2O2/c1-6-21-11-13-22(14-12-21)15-16-25(29)28(18-23-10-8-9-20(5)17-23)24(7-2)26(30)27-19(3)4/h8-14,17,19,24H,6-7,15-16,18H2,1-5H3,(H,27,30). The summed E-state index contributed by atoms with van der Waals surface area (Å²) in [6.45, 7) is 10.5. The maximum atomic E-state index is 13.3. The van der Waals surface area contributed by atoms with Gasteiger partial charge in [0.1, 0.15) is 6.04 Å². The SMILES string of the molecule is CCc1ccc(CCC(=O)N(Cc2cccc(C)c2)C(CC)C(=O)NC(C)C)cc1. The molecule has 0 spiro atoms. The molecule has 162 valence electrons. The van der Waals surface area contributed by atoms with Gasteiger partial charge in [-0.25, -0.2) is 0 Å². The van der Waals surface area contributed by atoms with E-state index in [1.807, 2.05) is 45.9 Å². The van der Waals surface area contributed by atoms with Crippen molar-refractivity contribution in [2.24, 2.45) is 0 Å². The van der Waals surface area contributed by atoms with Crippen molar-refractivity contribution in [2.75, 3.05) is 0 Å². The Bertz CT molecular complexity index is 827. The van der Waals surface area contributed by atoms with Gasteiger partial charge in [-0.3, -0.25) is 9.59 Å². The number of rotatable bonds is 10. The summed E-state index contributed by atoms with van der Waals surface area (Å²) in [5.41, 5.74) is 4.64. The Morgan fingerprint density at radius 3 is 2.20 bits per heavy atom. The van der Waals surface area contributed by atoms with Crippen LogP contribution in [0.25, 0.3) is 0 Å². The summed E-state index contributed by atoms with van der Waals surface area (Å²) < 4.78 is 0. The molecule has 0 radical (unpaired) electrons. The molecule has 2 aromatic rings. The molecule has 0 aromatic heterocycles. The van der Waals surface area contributed by atoms with Crippen LogP contribution in [0, 0.1) is 6.92 Å². The van der Waals surface area contributed by atoms with Crippen LogP contribution in [-0.2, 0) is 29.0 Å². The number of carbonyl (C=O) groups excluding carboxylic acids is 2. The van der Waals surface area contributed by atoms with E-state index in [0.717, 1.165) is 23.1 Å². The summed E-state index contributed by atoms with van der Waals surface area (Å²) in [5.74, 6) is -0.0670. The number of nitrogens with zero attached hydrogens (tertiary/aromatic N) is 1. The highest BCUT2D eigenvalue weighted by molar-refractivity contribution is 5.87. The number of benzene rings is 2. The summed E-state index contributed by atoms with van der Waals surface area (Å²) in [7, 11) is 0. The lowest BCUT2D eigenvalue weighted by molar-refractivity contribution is -0.141. The van der Waals surface area contributed by atoms with E-state index in [-0.39, 0.29) is 17.9 Å². The molecular formula is C26H36N2O2.